The van der Waals surface area contributed by atoms with Crippen molar-refractivity contribution in [2.45, 2.75) is 18.6 Å². The molecule has 0 bridgehead atoms. The summed E-state index contributed by atoms with van der Waals surface area (Å²) in [5.74, 6) is -1.29. The molecule has 110 valence electrons. The average Bonchev–Trinajstić information content (AvgIpc) is 2.36. The number of carboxylic acids is 1. The minimum absolute atomic E-state index is 0.0224. The summed E-state index contributed by atoms with van der Waals surface area (Å²) in [5, 5.41) is 22.6. The van der Waals surface area contributed by atoms with Gasteiger partial charge in [-0.3, -0.25) is 0 Å². The van der Waals surface area contributed by atoms with Crippen LogP contribution < -0.4 is 10.6 Å². The number of rotatable bonds is 6. The minimum Gasteiger partial charge on any atom is -0.479 e. The van der Waals surface area contributed by atoms with Crippen molar-refractivity contribution in [3.63, 3.8) is 0 Å². The first-order valence-corrected chi connectivity index (χ1v) is 6.21. The Labute approximate surface area is 111 Å². The maximum absolute atomic E-state index is 11.4. The summed E-state index contributed by atoms with van der Waals surface area (Å²) in [6.45, 7) is 2.80. The van der Waals surface area contributed by atoms with Crippen LogP contribution in [0.3, 0.4) is 0 Å². The van der Waals surface area contributed by atoms with E-state index in [0.717, 1.165) is 13.1 Å². The lowest BCUT2D eigenvalue weighted by atomic mass is 10.2. The molecule has 0 aromatic heterocycles. The second-order valence-corrected chi connectivity index (χ2v) is 4.53. The van der Waals surface area contributed by atoms with Crippen LogP contribution in [0.15, 0.2) is 0 Å². The molecular weight excluding hydrogens is 254 g/mol. The highest BCUT2D eigenvalue weighted by atomic mass is 16.5. The summed E-state index contributed by atoms with van der Waals surface area (Å²) in [6, 6.07) is -0.394. The van der Waals surface area contributed by atoms with Crippen LogP contribution in [0.4, 0.5) is 4.79 Å². The molecule has 2 atom stereocenters. The Morgan fingerprint density at radius 3 is 2.84 bits per heavy atom. The summed E-state index contributed by atoms with van der Waals surface area (Å²) < 4.78 is 5.47. The van der Waals surface area contributed by atoms with E-state index < -0.39 is 18.1 Å². The maximum Gasteiger partial charge on any atom is 0.332 e. The Hall–Kier alpha value is -1.38. The summed E-state index contributed by atoms with van der Waals surface area (Å²) in [6.07, 6.45) is -1.50. The van der Waals surface area contributed by atoms with Crippen LogP contribution in [0.1, 0.15) is 6.42 Å². The molecule has 1 unspecified atom stereocenters. The molecule has 0 spiro atoms. The highest BCUT2D eigenvalue weighted by Gasteiger charge is 2.18. The van der Waals surface area contributed by atoms with Gasteiger partial charge < -0.3 is 30.5 Å². The maximum atomic E-state index is 11.4. The van der Waals surface area contributed by atoms with Crippen LogP contribution in [0, 0.1) is 0 Å². The van der Waals surface area contributed by atoms with E-state index in [9.17, 15) is 9.59 Å². The lowest BCUT2D eigenvalue weighted by molar-refractivity contribution is -0.146. The SMILES string of the molecule is CN1CCOC(CNC(=O)NCC[C@H](O)C(=O)O)C1. The Morgan fingerprint density at radius 1 is 1.47 bits per heavy atom. The van der Waals surface area contributed by atoms with Crippen molar-refractivity contribution < 1.29 is 24.5 Å². The molecule has 0 aromatic rings. The quantitative estimate of drug-likeness (QED) is 0.467. The number of hydrogen-bond acceptors (Lipinski definition) is 5. The van der Waals surface area contributed by atoms with E-state index in [1.165, 1.54) is 0 Å². The Balaban J connectivity index is 2.09. The monoisotopic (exact) mass is 275 g/mol. The molecular formula is C11H21N3O5. The fourth-order valence-corrected chi connectivity index (χ4v) is 1.71. The summed E-state index contributed by atoms with van der Waals surface area (Å²) in [4.78, 5) is 23.9. The van der Waals surface area contributed by atoms with Gasteiger partial charge in [0.25, 0.3) is 0 Å². The summed E-state index contributed by atoms with van der Waals surface area (Å²) in [7, 11) is 1.99. The Morgan fingerprint density at radius 2 is 2.21 bits per heavy atom. The van der Waals surface area contributed by atoms with Gasteiger partial charge in [-0.15, -0.1) is 0 Å². The highest BCUT2D eigenvalue weighted by Crippen LogP contribution is 2.01. The van der Waals surface area contributed by atoms with Crippen molar-refractivity contribution in [3.05, 3.63) is 0 Å². The second kappa shape index (κ2) is 7.93. The molecule has 0 radical (unpaired) electrons. The first kappa shape index (κ1) is 15.7. The number of ether oxygens (including phenoxy) is 1. The standard InChI is InChI=1S/C11H21N3O5/c1-14-4-5-19-8(7-14)6-13-11(18)12-3-2-9(15)10(16)17/h8-9,15H,2-7H2,1H3,(H,16,17)(H2,12,13,18)/t8?,9-/m0/s1. The number of likely N-dealkylation sites (N-methyl/N-ethyl adjacent to an activating group) is 1. The van der Waals surface area contributed by atoms with Gasteiger partial charge in [-0.1, -0.05) is 0 Å². The second-order valence-electron chi connectivity index (χ2n) is 4.53. The van der Waals surface area contributed by atoms with Crippen LogP contribution in [-0.2, 0) is 9.53 Å². The predicted molar refractivity (Wildman–Crippen MR) is 66.9 cm³/mol. The number of carboxylic acid groups (broad SMARTS) is 1. The largest absolute Gasteiger partial charge is 0.479 e. The number of carbonyl (C=O) groups is 2. The van der Waals surface area contributed by atoms with E-state index in [0.29, 0.717) is 13.2 Å². The lowest BCUT2D eigenvalue weighted by Gasteiger charge is -2.30. The molecule has 0 aliphatic carbocycles. The van der Waals surface area contributed by atoms with Crippen molar-refractivity contribution in [1.29, 1.82) is 0 Å². The first-order valence-electron chi connectivity index (χ1n) is 6.21. The normalized spacial score (nSPS) is 21.7. The third-order valence-corrected chi connectivity index (χ3v) is 2.82. The molecule has 1 aliphatic rings. The molecule has 8 heteroatoms. The van der Waals surface area contributed by atoms with Crippen LogP contribution >= 0.6 is 0 Å². The van der Waals surface area contributed by atoms with E-state index in [2.05, 4.69) is 15.5 Å². The lowest BCUT2D eigenvalue weighted by Crippen LogP contribution is -2.48. The topological polar surface area (TPSA) is 111 Å². The van der Waals surface area contributed by atoms with Crippen LogP contribution in [0.2, 0.25) is 0 Å². The van der Waals surface area contributed by atoms with Gasteiger partial charge in [0.2, 0.25) is 0 Å². The highest BCUT2D eigenvalue weighted by molar-refractivity contribution is 5.74. The molecule has 2 amide bonds. The molecule has 0 saturated carbocycles. The van der Waals surface area contributed by atoms with Crippen molar-refractivity contribution in [2.75, 3.05) is 39.8 Å². The molecule has 1 saturated heterocycles. The van der Waals surface area contributed by atoms with Crippen molar-refractivity contribution in [3.8, 4) is 0 Å². The van der Waals surface area contributed by atoms with Gasteiger partial charge in [0.15, 0.2) is 6.10 Å². The van der Waals surface area contributed by atoms with E-state index in [1.54, 1.807) is 0 Å². The third kappa shape index (κ3) is 6.37. The molecule has 0 aromatic carbocycles. The van der Waals surface area contributed by atoms with Crippen molar-refractivity contribution in [2.24, 2.45) is 0 Å². The van der Waals surface area contributed by atoms with E-state index in [1.807, 2.05) is 7.05 Å². The molecule has 19 heavy (non-hydrogen) atoms. The zero-order valence-corrected chi connectivity index (χ0v) is 11.0. The zero-order valence-electron chi connectivity index (χ0n) is 11.0. The zero-order chi connectivity index (χ0) is 14.3. The molecule has 8 nitrogen and oxygen atoms in total. The number of carbonyl (C=O) groups excluding carboxylic acids is 1. The predicted octanol–water partition coefficient (Wildman–Crippen LogP) is -1.55. The molecule has 1 fully saturated rings. The fraction of sp³-hybridized carbons (Fsp3) is 0.818. The van der Waals surface area contributed by atoms with Gasteiger partial charge in [-0.05, 0) is 7.05 Å². The van der Waals surface area contributed by atoms with E-state index >= 15 is 0 Å². The number of aliphatic hydroxyl groups excluding tert-OH is 1. The van der Waals surface area contributed by atoms with Crippen LogP contribution in [0.5, 0.6) is 0 Å². The number of nitrogens with zero attached hydrogens (tertiary/aromatic N) is 1. The fourth-order valence-electron chi connectivity index (χ4n) is 1.71. The minimum atomic E-state index is -1.45. The number of urea groups is 1. The number of amides is 2. The molecule has 4 N–H and O–H groups in total. The molecule has 1 heterocycles. The number of aliphatic carboxylic acids is 1. The smallest absolute Gasteiger partial charge is 0.332 e. The molecule has 1 aliphatic heterocycles. The Bertz CT molecular complexity index is 313. The van der Waals surface area contributed by atoms with E-state index in [-0.39, 0.29) is 19.1 Å². The van der Waals surface area contributed by atoms with Gasteiger partial charge in [-0.2, -0.15) is 0 Å². The van der Waals surface area contributed by atoms with Gasteiger partial charge >= 0.3 is 12.0 Å². The van der Waals surface area contributed by atoms with Gasteiger partial charge in [0, 0.05) is 32.6 Å². The number of nitrogens with one attached hydrogen (secondary N) is 2. The number of morpholine rings is 1. The summed E-state index contributed by atoms with van der Waals surface area (Å²) in [5.41, 5.74) is 0. The summed E-state index contributed by atoms with van der Waals surface area (Å²) >= 11 is 0. The Kier molecular flexibility index (Phi) is 6.54. The van der Waals surface area contributed by atoms with Crippen LogP contribution in [-0.4, -0.2) is 79.2 Å². The van der Waals surface area contributed by atoms with E-state index in [4.69, 9.17) is 14.9 Å². The van der Waals surface area contributed by atoms with Crippen LogP contribution in [0.25, 0.3) is 0 Å². The average molecular weight is 275 g/mol. The number of hydrogen-bond donors (Lipinski definition) is 4. The number of aliphatic hydroxyl groups is 1. The van der Waals surface area contributed by atoms with Gasteiger partial charge in [-0.25, -0.2) is 9.59 Å². The third-order valence-electron chi connectivity index (χ3n) is 2.82. The van der Waals surface area contributed by atoms with Gasteiger partial charge in [0.05, 0.1) is 12.7 Å². The molecule has 1 rings (SSSR count). The first-order chi connectivity index (χ1) is 8.99. The van der Waals surface area contributed by atoms with Crippen molar-refractivity contribution in [1.82, 2.24) is 15.5 Å². The van der Waals surface area contributed by atoms with Gasteiger partial charge in [0.1, 0.15) is 0 Å². The van der Waals surface area contributed by atoms with Crippen molar-refractivity contribution >= 4 is 12.0 Å².